The lowest BCUT2D eigenvalue weighted by molar-refractivity contribution is 0.0859. The number of likely N-dealkylation sites (tertiary alicyclic amines) is 1. The van der Waals surface area contributed by atoms with Gasteiger partial charge in [-0.2, -0.15) is 0 Å². The van der Waals surface area contributed by atoms with Crippen LogP contribution in [0.15, 0.2) is 35.6 Å². The van der Waals surface area contributed by atoms with E-state index in [4.69, 9.17) is 4.84 Å². The highest BCUT2D eigenvalue weighted by atomic mass is 32.2. The van der Waals surface area contributed by atoms with Gasteiger partial charge in [0.25, 0.3) is 0 Å². The molecule has 7 nitrogen and oxygen atoms in total. The number of oxime groups is 1. The summed E-state index contributed by atoms with van der Waals surface area (Å²) >= 11 is 0. The number of hydrogen-bond donors (Lipinski definition) is 1. The van der Waals surface area contributed by atoms with E-state index in [-0.39, 0.29) is 25.2 Å². The summed E-state index contributed by atoms with van der Waals surface area (Å²) in [5, 5.41) is 4.06. The number of halogens is 3. The van der Waals surface area contributed by atoms with Crippen molar-refractivity contribution in [3.05, 3.63) is 53.2 Å². The highest BCUT2D eigenvalue weighted by Crippen LogP contribution is 2.37. The fourth-order valence-corrected chi connectivity index (χ4v) is 4.62. The van der Waals surface area contributed by atoms with Gasteiger partial charge >= 0.3 is 0 Å². The van der Waals surface area contributed by atoms with Crippen LogP contribution in [0.25, 0.3) is 11.3 Å². The minimum absolute atomic E-state index is 0.000406. The quantitative estimate of drug-likeness (QED) is 0.768. The predicted molar refractivity (Wildman–Crippen MR) is 108 cm³/mol. The molecular formula is C20H21F3N4O3S. The SMILES string of the molecule is Cc1ccc(C2CC(N3C[C@H](F)[C@H](NS(C)(=O)=O)C3)=NO2)c(-c2ncc(F)cc2F)c1. The van der Waals surface area contributed by atoms with Crippen LogP contribution in [0.5, 0.6) is 0 Å². The molecule has 11 heteroatoms. The molecule has 1 unspecified atom stereocenters. The van der Waals surface area contributed by atoms with Gasteiger partial charge < -0.3 is 9.74 Å². The zero-order valence-corrected chi connectivity index (χ0v) is 17.7. The summed E-state index contributed by atoms with van der Waals surface area (Å²) in [6, 6.07) is 5.24. The number of alkyl halides is 1. The van der Waals surface area contributed by atoms with Crippen LogP contribution in [-0.2, 0) is 14.9 Å². The molecule has 1 fully saturated rings. The van der Waals surface area contributed by atoms with Crippen molar-refractivity contribution in [2.24, 2.45) is 5.16 Å². The Morgan fingerprint density at radius 3 is 2.71 bits per heavy atom. The summed E-state index contributed by atoms with van der Waals surface area (Å²) < 4.78 is 67.2. The maximum atomic E-state index is 14.4. The normalized spacial score (nSPS) is 23.7. The number of aryl methyl sites for hydroxylation is 1. The summed E-state index contributed by atoms with van der Waals surface area (Å²) in [4.78, 5) is 11.1. The van der Waals surface area contributed by atoms with E-state index in [2.05, 4.69) is 14.9 Å². The number of hydrogen-bond acceptors (Lipinski definition) is 6. The Hall–Kier alpha value is -2.66. The number of rotatable bonds is 4. The van der Waals surface area contributed by atoms with Gasteiger partial charge in [-0.25, -0.2) is 26.3 Å². The smallest absolute Gasteiger partial charge is 0.209 e. The summed E-state index contributed by atoms with van der Waals surface area (Å²) in [7, 11) is -3.55. The van der Waals surface area contributed by atoms with Gasteiger partial charge in [0.15, 0.2) is 11.9 Å². The lowest BCUT2D eigenvalue weighted by Crippen LogP contribution is -2.41. The molecule has 31 heavy (non-hydrogen) atoms. The molecule has 4 rings (SSSR count). The molecule has 0 spiro atoms. The van der Waals surface area contributed by atoms with Crippen LogP contribution >= 0.6 is 0 Å². The van der Waals surface area contributed by atoms with E-state index in [0.717, 1.165) is 24.1 Å². The third kappa shape index (κ3) is 4.67. The second-order valence-electron chi connectivity index (χ2n) is 7.80. The maximum Gasteiger partial charge on any atom is 0.209 e. The third-order valence-corrected chi connectivity index (χ3v) is 5.98. The lowest BCUT2D eigenvalue weighted by atomic mass is 9.95. The van der Waals surface area contributed by atoms with E-state index < -0.39 is 40.0 Å². The van der Waals surface area contributed by atoms with E-state index in [1.165, 1.54) is 0 Å². The molecule has 3 heterocycles. The molecule has 0 saturated carbocycles. The van der Waals surface area contributed by atoms with E-state index in [1.54, 1.807) is 17.0 Å². The van der Waals surface area contributed by atoms with Crippen LogP contribution in [0.2, 0.25) is 0 Å². The van der Waals surface area contributed by atoms with Gasteiger partial charge in [0.1, 0.15) is 23.5 Å². The lowest BCUT2D eigenvalue weighted by Gasteiger charge is -2.18. The van der Waals surface area contributed by atoms with Gasteiger partial charge in [-0.05, 0) is 13.0 Å². The standard InChI is InChI=1S/C20H21F3N4O3S/c1-11-3-4-13(14(5-11)20-15(22)6-12(21)8-24-20)18-7-19(25-30-18)27-9-16(23)17(10-27)26-31(2,28)29/h3-6,8,16-18,26H,7,9-10H2,1-2H3/t16-,17+,18?/m0/s1. The Morgan fingerprint density at radius 2 is 2.00 bits per heavy atom. The van der Waals surface area contributed by atoms with Crippen molar-refractivity contribution in [1.82, 2.24) is 14.6 Å². The molecule has 0 amide bonds. The number of sulfonamides is 1. The van der Waals surface area contributed by atoms with Crippen molar-refractivity contribution in [3.8, 4) is 11.3 Å². The molecule has 0 radical (unpaired) electrons. The second kappa shape index (κ2) is 8.12. The second-order valence-corrected chi connectivity index (χ2v) is 9.58. The van der Waals surface area contributed by atoms with Crippen molar-refractivity contribution in [1.29, 1.82) is 0 Å². The van der Waals surface area contributed by atoms with Gasteiger partial charge in [-0.1, -0.05) is 22.9 Å². The summed E-state index contributed by atoms with van der Waals surface area (Å²) in [5.74, 6) is -1.09. The molecule has 0 bridgehead atoms. The topological polar surface area (TPSA) is 83.9 Å². The van der Waals surface area contributed by atoms with Crippen LogP contribution in [-0.4, -0.2) is 55.7 Å². The monoisotopic (exact) mass is 454 g/mol. The molecule has 166 valence electrons. The first kappa shape index (κ1) is 21.6. The van der Waals surface area contributed by atoms with Crippen LogP contribution in [0.4, 0.5) is 13.2 Å². The Labute approximate surface area is 178 Å². The van der Waals surface area contributed by atoms with E-state index in [9.17, 15) is 21.6 Å². The van der Waals surface area contributed by atoms with Gasteiger partial charge in [-0.15, -0.1) is 0 Å². The average Bonchev–Trinajstić information content (AvgIpc) is 3.28. The molecule has 2 aliphatic rings. The summed E-state index contributed by atoms with van der Waals surface area (Å²) in [6.45, 7) is 1.95. The highest BCUT2D eigenvalue weighted by molar-refractivity contribution is 7.88. The fraction of sp³-hybridized carbons (Fsp3) is 0.400. The molecule has 2 aliphatic heterocycles. The van der Waals surface area contributed by atoms with E-state index in [0.29, 0.717) is 17.0 Å². The largest absolute Gasteiger partial charge is 0.386 e. The van der Waals surface area contributed by atoms with E-state index >= 15 is 0 Å². The minimum Gasteiger partial charge on any atom is -0.386 e. The minimum atomic E-state index is -3.55. The molecule has 1 aromatic carbocycles. The molecule has 3 atom stereocenters. The van der Waals surface area contributed by atoms with Crippen molar-refractivity contribution in [3.63, 3.8) is 0 Å². The molecule has 1 N–H and O–H groups in total. The zero-order valence-electron chi connectivity index (χ0n) is 16.8. The summed E-state index contributed by atoms with van der Waals surface area (Å²) in [5.41, 5.74) is 1.93. The fourth-order valence-electron chi connectivity index (χ4n) is 3.85. The number of amidine groups is 1. The van der Waals surface area contributed by atoms with Crippen LogP contribution < -0.4 is 4.72 Å². The summed E-state index contributed by atoms with van der Waals surface area (Å²) in [6.07, 6.45) is 0.260. The van der Waals surface area contributed by atoms with Gasteiger partial charge in [0, 0.05) is 23.7 Å². The van der Waals surface area contributed by atoms with Crippen molar-refractivity contribution in [2.45, 2.75) is 31.7 Å². The zero-order chi connectivity index (χ0) is 22.3. The number of aromatic nitrogens is 1. The molecular weight excluding hydrogens is 433 g/mol. The maximum absolute atomic E-state index is 14.4. The average molecular weight is 454 g/mol. The number of nitrogens with zero attached hydrogens (tertiary/aromatic N) is 3. The molecule has 1 saturated heterocycles. The van der Waals surface area contributed by atoms with Crippen molar-refractivity contribution < 1.29 is 26.4 Å². The van der Waals surface area contributed by atoms with Gasteiger partial charge in [-0.3, -0.25) is 4.98 Å². The van der Waals surface area contributed by atoms with E-state index in [1.807, 2.05) is 13.0 Å². The first-order valence-electron chi connectivity index (χ1n) is 9.61. The number of nitrogens with one attached hydrogen (secondary N) is 1. The third-order valence-electron chi connectivity index (χ3n) is 5.25. The van der Waals surface area contributed by atoms with Crippen LogP contribution in [0.3, 0.4) is 0 Å². The number of benzene rings is 1. The van der Waals surface area contributed by atoms with Crippen LogP contribution in [0, 0.1) is 18.6 Å². The van der Waals surface area contributed by atoms with Crippen molar-refractivity contribution in [2.75, 3.05) is 19.3 Å². The first-order chi connectivity index (χ1) is 14.6. The Bertz CT molecular complexity index is 1140. The Kier molecular flexibility index (Phi) is 5.65. The molecule has 2 aromatic rings. The first-order valence-corrected chi connectivity index (χ1v) is 11.5. The van der Waals surface area contributed by atoms with Gasteiger partial charge in [0.05, 0.1) is 31.5 Å². The van der Waals surface area contributed by atoms with Crippen LogP contribution in [0.1, 0.15) is 23.7 Å². The van der Waals surface area contributed by atoms with Gasteiger partial charge in [0.2, 0.25) is 10.0 Å². The predicted octanol–water partition coefficient (Wildman–Crippen LogP) is 2.68. The van der Waals surface area contributed by atoms with Crippen molar-refractivity contribution >= 4 is 15.9 Å². The Morgan fingerprint density at radius 1 is 1.23 bits per heavy atom. The number of pyridine rings is 1. The highest BCUT2D eigenvalue weighted by Gasteiger charge is 2.39. The molecule has 0 aliphatic carbocycles. The Balaban J connectivity index is 1.55. The molecule has 1 aromatic heterocycles.